The first-order valence-electron chi connectivity index (χ1n) is 8.91. The van der Waals surface area contributed by atoms with Gasteiger partial charge < -0.3 is 19.9 Å². The van der Waals surface area contributed by atoms with Gasteiger partial charge in [-0.2, -0.15) is 0 Å². The lowest BCUT2D eigenvalue weighted by Crippen LogP contribution is -2.49. The van der Waals surface area contributed by atoms with E-state index in [4.69, 9.17) is 0 Å². The summed E-state index contributed by atoms with van der Waals surface area (Å²) < 4.78 is 16.7. The molecule has 1 unspecified atom stereocenters. The number of hydrogen-bond donors (Lipinski definition) is 2. The van der Waals surface area contributed by atoms with Crippen molar-refractivity contribution < 1.29 is 14.3 Å². The van der Waals surface area contributed by atoms with Crippen molar-refractivity contribution in [3.8, 4) is 0 Å². The fourth-order valence-corrected chi connectivity index (χ4v) is 3.75. The van der Waals surface area contributed by atoms with Gasteiger partial charge in [-0.15, -0.1) is 0 Å². The molecule has 1 aliphatic heterocycles. The maximum atomic E-state index is 14.8. The van der Waals surface area contributed by atoms with Crippen molar-refractivity contribution in [2.24, 2.45) is 0 Å². The standard InChI is InChI=1S/C19H22FN3O3/c1-11-9-22(6-5-21-11)16-8-15-12(7-14(16)20)17(24)13(18(25)26)10-23(15)19(2)3-4-19/h7-8,10-11,21H,3-6,9H2,1-2H3,(H,25,26). The number of nitrogens with zero attached hydrogens (tertiary/aromatic N) is 2. The van der Waals surface area contributed by atoms with E-state index < -0.39 is 17.2 Å². The minimum absolute atomic E-state index is 0.127. The molecule has 1 saturated carbocycles. The van der Waals surface area contributed by atoms with E-state index >= 15 is 0 Å². The highest BCUT2D eigenvalue weighted by atomic mass is 19.1. The number of halogens is 1. The van der Waals surface area contributed by atoms with Crippen molar-refractivity contribution >= 4 is 22.6 Å². The molecule has 6 nitrogen and oxygen atoms in total. The van der Waals surface area contributed by atoms with Crippen LogP contribution in [0.5, 0.6) is 0 Å². The van der Waals surface area contributed by atoms with Crippen LogP contribution in [0.3, 0.4) is 0 Å². The Labute approximate surface area is 150 Å². The van der Waals surface area contributed by atoms with Crippen molar-refractivity contribution in [1.82, 2.24) is 9.88 Å². The van der Waals surface area contributed by atoms with Gasteiger partial charge in [-0.3, -0.25) is 4.79 Å². The van der Waals surface area contributed by atoms with E-state index in [0.29, 0.717) is 24.3 Å². The van der Waals surface area contributed by atoms with Gasteiger partial charge in [0.1, 0.15) is 11.4 Å². The molecule has 0 amide bonds. The van der Waals surface area contributed by atoms with Crippen molar-refractivity contribution in [3.05, 3.63) is 39.9 Å². The second-order valence-corrected chi connectivity index (χ2v) is 7.67. The summed E-state index contributed by atoms with van der Waals surface area (Å²) in [5.41, 5.74) is -0.100. The van der Waals surface area contributed by atoms with Crippen molar-refractivity contribution in [2.75, 3.05) is 24.5 Å². The molecular weight excluding hydrogens is 337 g/mol. The molecule has 0 bridgehead atoms. The van der Waals surface area contributed by atoms with Crippen LogP contribution in [0.1, 0.15) is 37.0 Å². The van der Waals surface area contributed by atoms with Crippen molar-refractivity contribution in [3.63, 3.8) is 0 Å². The summed E-state index contributed by atoms with van der Waals surface area (Å²) in [7, 11) is 0. The number of aromatic carboxylic acids is 1. The Morgan fingerprint density at radius 3 is 2.73 bits per heavy atom. The number of fused-ring (bicyclic) bond motifs is 1. The molecule has 7 heteroatoms. The van der Waals surface area contributed by atoms with Crippen LogP contribution in [-0.2, 0) is 5.54 Å². The minimum Gasteiger partial charge on any atom is -0.477 e. The Kier molecular flexibility index (Phi) is 3.80. The number of aromatic nitrogens is 1. The quantitative estimate of drug-likeness (QED) is 0.878. The summed E-state index contributed by atoms with van der Waals surface area (Å²) >= 11 is 0. The van der Waals surface area contributed by atoms with E-state index in [1.807, 2.05) is 23.3 Å². The lowest BCUT2D eigenvalue weighted by atomic mass is 10.1. The first-order chi connectivity index (χ1) is 12.3. The predicted octanol–water partition coefficient (Wildman–Crippen LogP) is 2.15. The molecule has 138 valence electrons. The third-order valence-corrected chi connectivity index (χ3v) is 5.57. The van der Waals surface area contributed by atoms with Gasteiger partial charge in [0.05, 0.1) is 11.2 Å². The Balaban J connectivity index is 1.96. The molecule has 2 fully saturated rings. The highest BCUT2D eigenvalue weighted by molar-refractivity contribution is 5.93. The second kappa shape index (κ2) is 5.81. The summed E-state index contributed by atoms with van der Waals surface area (Å²) in [4.78, 5) is 26.0. The monoisotopic (exact) mass is 359 g/mol. The van der Waals surface area contributed by atoms with Crippen LogP contribution in [0.15, 0.2) is 23.1 Å². The molecule has 0 radical (unpaired) electrons. The number of carboxylic acid groups (broad SMARTS) is 1. The normalized spacial score (nSPS) is 21.8. The van der Waals surface area contributed by atoms with Crippen LogP contribution >= 0.6 is 0 Å². The van der Waals surface area contributed by atoms with E-state index in [-0.39, 0.29) is 22.5 Å². The minimum atomic E-state index is -1.28. The van der Waals surface area contributed by atoms with Crippen LogP contribution in [0.4, 0.5) is 10.1 Å². The first-order valence-corrected chi connectivity index (χ1v) is 8.91. The predicted molar refractivity (Wildman–Crippen MR) is 97.7 cm³/mol. The largest absolute Gasteiger partial charge is 0.477 e. The number of anilines is 1. The van der Waals surface area contributed by atoms with Crippen LogP contribution in [0.25, 0.3) is 10.9 Å². The number of benzene rings is 1. The summed E-state index contributed by atoms with van der Waals surface area (Å²) in [6.45, 7) is 6.20. The number of carbonyl (C=O) groups is 1. The number of pyridine rings is 1. The second-order valence-electron chi connectivity index (χ2n) is 7.67. The number of piperazine rings is 1. The van der Waals surface area contributed by atoms with Gasteiger partial charge in [0, 0.05) is 42.8 Å². The summed E-state index contributed by atoms with van der Waals surface area (Å²) in [6.07, 6.45) is 3.23. The average molecular weight is 359 g/mol. The van der Waals surface area contributed by atoms with Crippen LogP contribution in [0.2, 0.25) is 0 Å². The number of rotatable bonds is 3. The van der Waals surface area contributed by atoms with E-state index in [0.717, 1.165) is 19.4 Å². The molecule has 1 atom stereocenters. The SMILES string of the molecule is CC1CN(c2cc3c(cc2F)c(=O)c(C(=O)O)cn3C2(C)CC2)CCN1. The highest BCUT2D eigenvalue weighted by Gasteiger charge is 2.40. The molecule has 2 heterocycles. The van der Waals surface area contributed by atoms with Gasteiger partial charge in [0.2, 0.25) is 5.43 Å². The van der Waals surface area contributed by atoms with Crippen molar-refractivity contribution in [1.29, 1.82) is 0 Å². The van der Waals surface area contributed by atoms with Crippen LogP contribution < -0.4 is 15.6 Å². The number of nitrogens with one attached hydrogen (secondary N) is 1. The highest BCUT2D eigenvalue weighted by Crippen LogP contribution is 2.44. The third kappa shape index (κ3) is 2.67. The maximum absolute atomic E-state index is 14.8. The molecule has 26 heavy (non-hydrogen) atoms. The molecule has 1 aromatic carbocycles. The zero-order valence-corrected chi connectivity index (χ0v) is 14.9. The Morgan fingerprint density at radius 1 is 1.38 bits per heavy atom. The van der Waals surface area contributed by atoms with Gasteiger partial charge in [-0.1, -0.05) is 0 Å². The molecule has 1 aromatic heterocycles. The van der Waals surface area contributed by atoms with E-state index in [9.17, 15) is 19.1 Å². The van der Waals surface area contributed by atoms with E-state index in [2.05, 4.69) is 5.32 Å². The molecule has 2 aromatic rings. The van der Waals surface area contributed by atoms with Gasteiger partial charge in [-0.05, 0) is 38.8 Å². The first kappa shape index (κ1) is 17.0. The smallest absolute Gasteiger partial charge is 0.341 e. The average Bonchev–Trinajstić information content (AvgIpc) is 3.33. The lowest BCUT2D eigenvalue weighted by Gasteiger charge is -2.34. The van der Waals surface area contributed by atoms with E-state index in [1.165, 1.54) is 12.3 Å². The zero-order chi connectivity index (χ0) is 18.6. The lowest BCUT2D eigenvalue weighted by molar-refractivity contribution is 0.0694. The topological polar surface area (TPSA) is 74.6 Å². The Hall–Kier alpha value is -2.41. The van der Waals surface area contributed by atoms with E-state index in [1.54, 1.807) is 6.07 Å². The van der Waals surface area contributed by atoms with Crippen molar-refractivity contribution in [2.45, 2.75) is 38.3 Å². The molecule has 1 aliphatic carbocycles. The molecule has 0 spiro atoms. The third-order valence-electron chi connectivity index (χ3n) is 5.57. The van der Waals surface area contributed by atoms with Crippen LogP contribution in [-0.4, -0.2) is 41.3 Å². The maximum Gasteiger partial charge on any atom is 0.341 e. The molecule has 4 rings (SSSR count). The molecular formula is C19H22FN3O3. The number of hydrogen-bond acceptors (Lipinski definition) is 4. The molecule has 2 N–H and O–H groups in total. The number of carboxylic acids is 1. The molecule has 2 aliphatic rings. The summed E-state index contributed by atoms with van der Waals surface area (Å²) in [5, 5.41) is 12.8. The van der Waals surface area contributed by atoms with Gasteiger partial charge in [-0.25, -0.2) is 9.18 Å². The Morgan fingerprint density at radius 2 is 2.12 bits per heavy atom. The van der Waals surface area contributed by atoms with Gasteiger partial charge in [0.25, 0.3) is 0 Å². The zero-order valence-electron chi connectivity index (χ0n) is 14.9. The summed E-state index contributed by atoms with van der Waals surface area (Å²) in [5.74, 6) is -1.77. The fourth-order valence-electron chi connectivity index (χ4n) is 3.75. The van der Waals surface area contributed by atoms with Gasteiger partial charge in [0.15, 0.2) is 0 Å². The summed E-state index contributed by atoms with van der Waals surface area (Å²) in [6, 6.07) is 3.16. The van der Waals surface area contributed by atoms with Gasteiger partial charge >= 0.3 is 5.97 Å². The van der Waals surface area contributed by atoms with Crippen LogP contribution in [0, 0.1) is 5.82 Å². The fraction of sp³-hybridized carbons (Fsp3) is 0.474. The molecule has 1 saturated heterocycles. The Bertz CT molecular complexity index is 965.